The molecule has 0 amide bonds. The molecule has 0 atom stereocenters. The fraction of sp³-hybridized carbons (Fsp3) is 0.625. The molecule has 0 bridgehead atoms. The molecule has 0 radical (unpaired) electrons. The lowest BCUT2D eigenvalue weighted by Crippen LogP contribution is -2.23. The third kappa shape index (κ3) is 1.55. The molecule has 5 nitrogen and oxygen atoms in total. The van der Waals surface area contributed by atoms with Gasteiger partial charge < -0.3 is 0 Å². The SMILES string of the molecule is Cc1nn(C)c(C)c1S(=O)(=O)N(C)C. The molecule has 1 aromatic heterocycles. The van der Waals surface area contributed by atoms with E-state index >= 15 is 0 Å². The molecule has 0 spiro atoms. The monoisotopic (exact) mass is 217 g/mol. The van der Waals surface area contributed by atoms with Gasteiger partial charge in [-0.25, -0.2) is 12.7 Å². The standard InChI is InChI=1S/C8H15N3O2S/c1-6-8(7(2)11(5)9-6)14(12,13)10(3)4/h1-5H3. The van der Waals surface area contributed by atoms with Gasteiger partial charge in [-0.3, -0.25) is 4.68 Å². The second kappa shape index (κ2) is 3.36. The van der Waals surface area contributed by atoms with Crippen molar-refractivity contribution in [1.29, 1.82) is 0 Å². The lowest BCUT2D eigenvalue weighted by atomic mass is 10.4. The van der Waals surface area contributed by atoms with E-state index in [1.807, 2.05) is 0 Å². The maximum Gasteiger partial charge on any atom is 0.246 e. The molecule has 0 unspecified atom stereocenters. The first-order valence-electron chi connectivity index (χ1n) is 4.21. The molecule has 80 valence electrons. The zero-order chi connectivity index (χ0) is 11.1. The van der Waals surface area contributed by atoms with Crippen molar-refractivity contribution >= 4 is 10.0 Å². The number of nitrogens with zero attached hydrogens (tertiary/aromatic N) is 3. The summed E-state index contributed by atoms with van der Waals surface area (Å²) in [4.78, 5) is 0.310. The molecule has 0 fully saturated rings. The van der Waals surface area contributed by atoms with Crippen LogP contribution in [0.5, 0.6) is 0 Å². The van der Waals surface area contributed by atoms with E-state index in [4.69, 9.17) is 0 Å². The van der Waals surface area contributed by atoms with E-state index in [1.54, 1.807) is 25.6 Å². The van der Waals surface area contributed by atoms with Crippen molar-refractivity contribution in [1.82, 2.24) is 14.1 Å². The third-order valence-corrected chi connectivity index (χ3v) is 4.25. The van der Waals surface area contributed by atoms with Crippen molar-refractivity contribution in [3.63, 3.8) is 0 Å². The molecule has 0 N–H and O–H groups in total. The van der Waals surface area contributed by atoms with Crippen LogP contribution in [0, 0.1) is 13.8 Å². The largest absolute Gasteiger partial charge is 0.271 e. The van der Waals surface area contributed by atoms with Crippen LogP contribution < -0.4 is 0 Å². The van der Waals surface area contributed by atoms with E-state index in [0.29, 0.717) is 16.3 Å². The minimum Gasteiger partial charge on any atom is -0.271 e. The number of rotatable bonds is 2. The van der Waals surface area contributed by atoms with Crippen LogP contribution in [0.2, 0.25) is 0 Å². The highest BCUT2D eigenvalue weighted by Gasteiger charge is 2.25. The summed E-state index contributed by atoms with van der Waals surface area (Å²) >= 11 is 0. The molecule has 1 aromatic rings. The Morgan fingerprint density at radius 1 is 1.29 bits per heavy atom. The molecular weight excluding hydrogens is 202 g/mol. The highest BCUT2D eigenvalue weighted by molar-refractivity contribution is 7.89. The number of aryl methyl sites for hydroxylation is 2. The first kappa shape index (κ1) is 11.2. The van der Waals surface area contributed by atoms with Crippen LogP contribution in [0.1, 0.15) is 11.4 Å². The van der Waals surface area contributed by atoms with Crippen LogP contribution in [0.15, 0.2) is 4.90 Å². The molecule has 0 aromatic carbocycles. The second-order valence-corrected chi connectivity index (χ2v) is 5.50. The lowest BCUT2D eigenvalue weighted by molar-refractivity contribution is 0.519. The summed E-state index contributed by atoms with van der Waals surface area (Å²) in [5.74, 6) is 0. The van der Waals surface area contributed by atoms with Gasteiger partial charge in [0.25, 0.3) is 0 Å². The number of hydrogen-bond donors (Lipinski definition) is 0. The Morgan fingerprint density at radius 3 is 2.07 bits per heavy atom. The average molecular weight is 217 g/mol. The summed E-state index contributed by atoms with van der Waals surface area (Å²) in [6.45, 7) is 3.44. The average Bonchev–Trinajstić information content (AvgIpc) is 2.26. The minimum atomic E-state index is -3.37. The summed E-state index contributed by atoms with van der Waals surface area (Å²) < 4.78 is 26.5. The van der Waals surface area contributed by atoms with Crippen molar-refractivity contribution in [3.05, 3.63) is 11.4 Å². The van der Waals surface area contributed by atoms with Crippen LogP contribution in [0.3, 0.4) is 0 Å². The van der Waals surface area contributed by atoms with Gasteiger partial charge in [0.05, 0.1) is 11.4 Å². The van der Waals surface area contributed by atoms with Gasteiger partial charge >= 0.3 is 0 Å². The summed E-state index contributed by atoms with van der Waals surface area (Å²) in [6.07, 6.45) is 0. The third-order valence-electron chi connectivity index (χ3n) is 2.18. The highest BCUT2D eigenvalue weighted by Crippen LogP contribution is 2.20. The molecule has 0 aliphatic carbocycles. The maximum atomic E-state index is 11.9. The molecule has 1 rings (SSSR count). The zero-order valence-electron chi connectivity index (χ0n) is 9.07. The topological polar surface area (TPSA) is 55.2 Å². The van der Waals surface area contributed by atoms with Gasteiger partial charge in [0.2, 0.25) is 10.0 Å². The van der Waals surface area contributed by atoms with Crippen molar-refractivity contribution in [2.75, 3.05) is 14.1 Å². The van der Waals surface area contributed by atoms with Gasteiger partial charge in [0.1, 0.15) is 4.90 Å². The Labute approximate surface area is 84.4 Å². The molecule has 1 heterocycles. The van der Waals surface area contributed by atoms with Gasteiger partial charge in [-0.2, -0.15) is 5.10 Å². The van der Waals surface area contributed by atoms with Gasteiger partial charge in [-0.15, -0.1) is 0 Å². The number of sulfonamides is 1. The Bertz CT molecular complexity index is 445. The lowest BCUT2D eigenvalue weighted by Gasteiger charge is -2.11. The Morgan fingerprint density at radius 2 is 1.79 bits per heavy atom. The van der Waals surface area contributed by atoms with Gasteiger partial charge in [0.15, 0.2) is 0 Å². The van der Waals surface area contributed by atoms with E-state index in [1.165, 1.54) is 18.4 Å². The fourth-order valence-corrected chi connectivity index (χ4v) is 2.59. The zero-order valence-corrected chi connectivity index (χ0v) is 9.88. The number of hydrogen-bond acceptors (Lipinski definition) is 3. The predicted octanol–water partition coefficient (Wildman–Crippen LogP) is 0.287. The van der Waals surface area contributed by atoms with E-state index < -0.39 is 10.0 Å². The van der Waals surface area contributed by atoms with Crippen LogP contribution in [-0.2, 0) is 17.1 Å². The van der Waals surface area contributed by atoms with Crippen LogP contribution in [-0.4, -0.2) is 36.6 Å². The smallest absolute Gasteiger partial charge is 0.246 e. The number of aromatic nitrogens is 2. The van der Waals surface area contributed by atoms with Crippen molar-refractivity contribution < 1.29 is 8.42 Å². The fourth-order valence-electron chi connectivity index (χ4n) is 1.31. The maximum absolute atomic E-state index is 11.9. The first-order chi connectivity index (χ1) is 6.28. The van der Waals surface area contributed by atoms with Gasteiger partial charge in [-0.1, -0.05) is 0 Å². The Balaban J connectivity index is 3.48. The Hall–Kier alpha value is -0.880. The van der Waals surface area contributed by atoms with E-state index in [9.17, 15) is 8.42 Å². The molecule has 0 aliphatic heterocycles. The summed E-state index contributed by atoms with van der Waals surface area (Å²) in [5, 5.41) is 4.07. The second-order valence-electron chi connectivity index (χ2n) is 3.41. The van der Waals surface area contributed by atoms with Crippen LogP contribution in [0.25, 0.3) is 0 Å². The molecule has 14 heavy (non-hydrogen) atoms. The highest BCUT2D eigenvalue weighted by atomic mass is 32.2. The van der Waals surface area contributed by atoms with E-state index in [-0.39, 0.29) is 0 Å². The summed E-state index contributed by atoms with van der Waals surface area (Å²) in [6, 6.07) is 0. The minimum absolute atomic E-state index is 0.310. The quantitative estimate of drug-likeness (QED) is 0.715. The summed E-state index contributed by atoms with van der Waals surface area (Å²) in [7, 11) is 1.40. The molecule has 0 saturated carbocycles. The molecule has 0 aliphatic rings. The van der Waals surface area contributed by atoms with E-state index in [0.717, 1.165) is 0 Å². The van der Waals surface area contributed by atoms with Crippen LogP contribution >= 0.6 is 0 Å². The van der Waals surface area contributed by atoms with Crippen molar-refractivity contribution in [2.45, 2.75) is 18.7 Å². The van der Waals surface area contributed by atoms with Crippen LogP contribution in [0.4, 0.5) is 0 Å². The Kier molecular flexibility index (Phi) is 2.69. The normalized spacial score (nSPS) is 12.4. The molecular formula is C8H15N3O2S. The predicted molar refractivity (Wildman–Crippen MR) is 53.6 cm³/mol. The van der Waals surface area contributed by atoms with Gasteiger partial charge in [0, 0.05) is 21.1 Å². The van der Waals surface area contributed by atoms with Crippen molar-refractivity contribution in [2.24, 2.45) is 7.05 Å². The molecule has 6 heteroatoms. The molecule has 0 saturated heterocycles. The summed E-state index contributed by atoms with van der Waals surface area (Å²) in [5.41, 5.74) is 1.20. The van der Waals surface area contributed by atoms with Gasteiger partial charge in [-0.05, 0) is 13.8 Å². The van der Waals surface area contributed by atoms with E-state index in [2.05, 4.69) is 5.10 Å². The van der Waals surface area contributed by atoms with Crippen molar-refractivity contribution in [3.8, 4) is 0 Å². The first-order valence-corrected chi connectivity index (χ1v) is 5.65.